The van der Waals surface area contributed by atoms with Gasteiger partial charge in [-0.15, -0.1) is 29.9 Å². The van der Waals surface area contributed by atoms with Gasteiger partial charge in [0.05, 0.1) is 0 Å². The lowest BCUT2D eigenvalue weighted by Gasteiger charge is -2.36. The smallest absolute Gasteiger partial charge is 0.410 e. The van der Waals surface area contributed by atoms with Gasteiger partial charge in [0, 0.05) is 26.2 Å². The van der Waals surface area contributed by atoms with Gasteiger partial charge in [-0.05, 0) is 27.7 Å². The molecule has 0 spiro atoms. The van der Waals surface area contributed by atoms with Crippen LogP contribution in [0.2, 0.25) is 0 Å². The first-order valence-corrected chi connectivity index (χ1v) is 6.76. The molecule has 1 aliphatic heterocycles. The summed E-state index contributed by atoms with van der Waals surface area (Å²) < 4.78 is 5.34. The van der Waals surface area contributed by atoms with Gasteiger partial charge in [0.2, 0.25) is 0 Å². The van der Waals surface area contributed by atoms with Crippen LogP contribution in [0.25, 0.3) is 0 Å². The van der Waals surface area contributed by atoms with Gasteiger partial charge in [-0.1, -0.05) is 5.92 Å². The molecule has 0 atom stereocenters. The molecule has 0 saturated carbocycles. The van der Waals surface area contributed by atoms with Crippen LogP contribution in [-0.2, 0) is 4.74 Å². The van der Waals surface area contributed by atoms with Crippen LogP contribution in [-0.4, -0.2) is 60.2 Å². The first kappa shape index (κ1) is 19.8. The number of halogens is 1. The zero-order valence-corrected chi connectivity index (χ0v) is 15.5. The lowest BCUT2D eigenvalue weighted by atomic mass is 10.2. The molecule has 6 nitrogen and oxygen atoms in total. The molecular formula is C14H25IN4O2. The monoisotopic (exact) mass is 408 g/mol. The molecule has 1 heterocycles. The van der Waals surface area contributed by atoms with Crippen LogP contribution in [0.1, 0.15) is 27.7 Å². The zero-order valence-electron chi connectivity index (χ0n) is 13.2. The normalized spacial score (nSPS) is 15.7. The summed E-state index contributed by atoms with van der Waals surface area (Å²) in [6.07, 6.45) is -0.274. The van der Waals surface area contributed by atoms with E-state index in [0.717, 1.165) is 0 Å². The first-order valence-electron chi connectivity index (χ1n) is 6.76. The summed E-state index contributed by atoms with van der Waals surface area (Å²) in [5.41, 5.74) is 5.42. The Morgan fingerprint density at radius 1 is 1.24 bits per heavy atom. The molecule has 1 aliphatic rings. The van der Waals surface area contributed by atoms with Crippen molar-refractivity contribution in [3.63, 3.8) is 0 Å². The zero-order chi connectivity index (χ0) is 15.2. The molecule has 2 N–H and O–H groups in total. The number of hydrogen-bond donors (Lipinski definition) is 1. The van der Waals surface area contributed by atoms with Gasteiger partial charge in [-0.2, -0.15) is 0 Å². The third-order valence-corrected chi connectivity index (χ3v) is 2.75. The van der Waals surface area contributed by atoms with Crippen LogP contribution in [0.4, 0.5) is 4.79 Å². The number of hydrogen-bond acceptors (Lipinski definition) is 3. The molecule has 1 amide bonds. The summed E-state index contributed by atoms with van der Waals surface area (Å²) >= 11 is 0. The number of amides is 1. The van der Waals surface area contributed by atoms with E-state index in [4.69, 9.17) is 10.5 Å². The average molecular weight is 408 g/mol. The Balaban J connectivity index is 0.00000400. The third kappa shape index (κ3) is 7.41. The molecule has 1 rings (SSSR count). The Labute approximate surface area is 144 Å². The number of aliphatic imine (C=N–C) groups is 1. The lowest BCUT2D eigenvalue weighted by molar-refractivity contribution is 0.0186. The van der Waals surface area contributed by atoms with E-state index in [1.807, 2.05) is 25.7 Å². The number of ether oxygens (including phenoxy) is 1. The molecule has 0 radical (unpaired) electrons. The van der Waals surface area contributed by atoms with E-state index in [9.17, 15) is 4.79 Å². The lowest BCUT2D eigenvalue weighted by Crippen LogP contribution is -2.53. The third-order valence-electron chi connectivity index (χ3n) is 2.75. The number of piperazine rings is 1. The largest absolute Gasteiger partial charge is 0.444 e. The number of nitrogens with zero attached hydrogens (tertiary/aromatic N) is 3. The van der Waals surface area contributed by atoms with Crippen molar-refractivity contribution in [3.05, 3.63) is 0 Å². The highest BCUT2D eigenvalue weighted by Crippen LogP contribution is 2.11. The van der Waals surface area contributed by atoms with E-state index < -0.39 is 5.60 Å². The van der Waals surface area contributed by atoms with Crippen LogP contribution in [0.15, 0.2) is 4.99 Å². The van der Waals surface area contributed by atoms with Gasteiger partial charge in [-0.3, -0.25) is 0 Å². The van der Waals surface area contributed by atoms with Gasteiger partial charge in [0.25, 0.3) is 0 Å². The van der Waals surface area contributed by atoms with Crippen molar-refractivity contribution in [2.45, 2.75) is 33.3 Å². The van der Waals surface area contributed by atoms with E-state index in [1.54, 1.807) is 11.8 Å². The maximum Gasteiger partial charge on any atom is 0.410 e. The Kier molecular flexibility index (Phi) is 8.47. The summed E-state index contributed by atoms with van der Waals surface area (Å²) in [4.78, 5) is 19.7. The van der Waals surface area contributed by atoms with Crippen molar-refractivity contribution in [2.75, 3.05) is 32.7 Å². The summed E-state index contributed by atoms with van der Waals surface area (Å²) in [5.74, 6) is 6.09. The molecule has 1 fully saturated rings. The summed E-state index contributed by atoms with van der Waals surface area (Å²) in [6, 6.07) is 0. The first-order chi connectivity index (χ1) is 9.33. The van der Waals surface area contributed by atoms with Gasteiger partial charge in [0.1, 0.15) is 12.1 Å². The van der Waals surface area contributed by atoms with Gasteiger partial charge >= 0.3 is 6.09 Å². The number of nitrogens with two attached hydrogens (primary N) is 1. The Morgan fingerprint density at radius 2 is 1.76 bits per heavy atom. The molecule has 0 unspecified atom stereocenters. The highest BCUT2D eigenvalue weighted by Gasteiger charge is 2.26. The predicted octanol–water partition coefficient (Wildman–Crippen LogP) is 1.50. The summed E-state index contributed by atoms with van der Waals surface area (Å²) in [6.45, 7) is 10.3. The van der Waals surface area contributed by atoms with Crippen molar-refractivity contribution >= 4 is 36.0 Å². The Morgan fingerprint density at radius 3 is 2.24 bits per heavy atom. The number of guanidine groups is 1. The van der Waals surface area contributed by atoms with Crippen molar-refractivity contribution in [3.8, 4) is 11.8 Å². The van der Waals surface area contributed by atoms with Crippen LogP contribution in [0.3, 0.4) is 0 Å². The average Bonchev–Trinajstić information content (AvgIpc) is 2.37. The fourth-order valence-corrected chi connectivity index (χ4v) is 1.74. The van der Waals surface area contributed by atoms with E-state index in [0.29, 0.717) is 38.7 Å². The second kappa shape index (κ2) is 8.97. The van der Waals surface area contributed by atoms with E-state index >= 15 is 0 Å². The maximum atomic E-state index is 11.9. The molecule has 120 valence electrons. The Hall–Kier alpha value is -1.17. The van der Waals surface area contributed by atoms with Crippen molar-refractivity contribution < 1.29 is 9.53 Å². The van der Waals surface area contributed by atoms with Gasteiger partial charge in [-0.25, -0.2) is 9.79 Å². The second-order valence-corrected chi connectivity index (χ2v) is 5.56. The minimum Gasteiger partial charge on any atom is -0.444 e. The predicted molar refractivity (Wildman–Crippen MR) is 94.7 cm³/mol. The number of carbonyl (C=O) groups excluding carboxylic acids is 1. The highest BCUT2D eigenvalue weighted by atomic mass is 127. The quantitative estimate of drug-likeness (QED) is 0.309. The fourth-order valence-electron chi connectivity index (χ4n) is 1.74. The maximum absolute atomic E-state index is 11.9. The molecule has 0 aliphatic carbocycles. The van der Waals surface area contributed by atoms with Crippen molar-refractivity contribution in [1.82, 2.24) is 9.80 Å². The number of carbonyl (C=O) groups is 1. The van der Waals surface area contributed by atoms with Crippen LogP contribution in [0, 0.1) is 11.8 Å². The minimum atomic E-state index is -0.465. The summed E-state index contributed by atoms with van der Waals surface area (Å²) in [5, 5.41) is 0. The van der Waals surface area contributed by atoms with Crippen LogP contribution in [0.5, 0.6) is 0 Å². The fraction of sp³-hybridized carbons (Fsp3) is 0.714. The van der Waals surface area contributed by atoms with Gasteiger partial charge in [0.15, 0.2) is 5.96 Å². The van der Waals surface area contributed by atoms with Crippen molar-refractivity contribution in [2.24, 2.45) is 10.7 Å². The molecule has 0 aromatic carbocycles. The molecule has 0 aromatic rings. The Bertz CT molecular complexity index is 426. The second-order valence-electron chi connectivity index (χ2n) is 5.56. The van der Waals surface area contributed by atoms with E-state index in [-0.39, 0.29) is 30.1 Å². The molecular weight excluding hydrogens is 383 g/mol. The van der Waals surface area contributed by atoms with Crippen molar-refractivity contribution in [1.29, 1.82) is 0 Å². The van der Waals surface area contributed by atoms with Crippen LogP contribution < -0.4 is 5.73 Å². The summed E-state index contributed by atoms with van der Waals surface area (Å²) in [7, 11) is 0. The standard InChI is InChI=1S/C14H24N4O2.HI/c1-5-6-7-16-12(15)17-8-10-18(11-9-17)13(19)20-14(2,3)4;/h7-11H2,1-4H3,(H2,15,16);1H. The molecule has 7 heteroatoms. The topological polar surface area (TPSA) is 71.2 Å². The SMILES string of the molecule is CC#CCN=C(N)N1CCN(C(=O)OC(C)(C)C)CC1.I. The van der Waals surface area contributed by atoms with E-state index in [1.165, 1.54) is 0 Å². The molecule has 1 saturated heterocycles. The van der Waals surface area contributed by atoms with E-state index in [2.05, 4.69) is 16.8 Å². The highest BCUT2D eigenvalue weighted by molar-refractivity contribution is 14.0. The molecule has 0 bridgehead atoms. The van der Waals surface area contributed by atoms with Crippen LogP contribution >= 0.6 is 24.0 Å². The number of rotatable bonds is 1. The minimum absolute atomic E-state index is 0. The molecule has 21 heavy (non-hydrogen) atoms. The van der Waals surface area contributed by atoms with Gasteiger partial charge < -0.3 is 20.3 Å². The molecule has 0 aromatic heterocycles.